The minimum Gasteiger partial charge on any atom is -0.497 e. The molecule has 0 fully saturated rings. The van der Waals surface area contributed by atoms with E-state index in [-0.39, 0.29) is 5.91 Å². The maximum Gasteiger partial charge on any atom is 0.230 e. The molecular formula is C24H22N2O2S. The third-order valence-electron chi connectivity index (χ3n) is 4.84. The van der Waals surface area contributed by atoms with Crippen molar-refractivity contribution < 1.29 is 9.53 Å². The van der Waals surface area contributed by atoms with Crippen molar-refractivity contribution in [3.05, 3.63) is 84.6 Å². The van der Waals surface area contributed by atoms with Crippen LogP contribution in [0.3, 0.4) is 0 Å². The smallest absolute Gasteiger partial charge is 0.230 e. The second-order valence-electron chi connectivity index (χ2n) is 6.72. The molecule has 0 radical (unpaired) electrons. The number of methoxy groups -OCH3 is 1. The lowest BCUT2D eigenvalue weighted by atomic mass is 10.2. The van der Waals surface area contributed by atoms with E-state index in [9.17, 15) is 4.79 Å². The topological polar surface area (TPSA) is 43.3 Å². The van der Waals surface area contributed by atoms with Crippen LogP contribution in [0.2, 0.25) is 0 Å². The number of anilines is 1. The number of fused-ring (bicyclic) bond motifs is 1. The molecule has 4 aromatic rings. The molecule has 0 bridgehead atoms. The van der Waals surface area contributed by atoms with Gasteiger partial charge in [0.15, 0.2) is 0 Å². The molecule has 0 spiro atoms. The average Bonchev–Trinajstić information content (AvgIpc) is 3.01. The molecule has 0 aliphatic carbocycles. The van der Waals surface area contributed by atoms with Crippen molar-refractivity contribution in [2.75, 3.05) is 12.4 Å². The van der Waals surface area contributed by atoms with Crippen LogP contribution in [-0.4, -0.2) is 17.6 Å². The van der Waals surface area contributed by atoms with Crippen molar-refractivity contribution in [3.63, 3.8) is 0 Å². The molecule has 3 aromatic carbocycles. The number of ether oxygens (including phenoxy) is 1. The monoisotopic (exact) mass is 402 g/mol. The zero-order valence-electron chi connectivity index (χ0n) is 16.4. The van der Waals surface area contributed by atoms with Gasteiger partial charge in [-0.05, 0) is 42.5 Å². The second kappa shape index (κ2) is 8.45. The highest BCUT2D eigenvalue weighted by Crippen LogP contribution is 2.38. The molecule has 0 saturated heterocycles. The molecule has 1 amide bonds. The van der Waals surface area contributed by atoms with Gasteiger partial charge in [0.1, 0.15) is 5.75 Å². The van der Waals surface area contributed by atoms with E-state index in [1.807, 2.05) is 61.6 Å². The van der Waals surface area contributed by atoms with Crippen molar-refractivity contribution >= 4 is 34.3 Å². The van der Waals surface area contributed by atoms with Gasteiger partial charge in [0, 0.05) is 39.1 Å². The maximum atomic E-state index is 12.8. The van der Waals surface area contributed by atoms with Crippen LogP contribution in [0.1, 0.15) is 5.69 Å². The summed E-state index contributed by atoms with van der Waals surface area (Å²) in [5.41, 5.74) is 2.89. The van der Waals surface area contributed by atoms with Crippen LogP contribution in [0.25, 0.3) is 10.9 Å². The van der Waals surface area contributed by atoms with E-state index in [1.165, 1.54) is 0 Å². The zero-order valence-corrected chi connectivity index (χ0v) is 17.2. The first kappa shape index (κ1) is 19.2. The Hall–Kier alpha value is -3.18. The molecule has 0 unspecified atom stereocenters. The van der Waals surface area contributed by atoms with Gasteiger partial charge in [-0.3, -0.25) is 4.79 Å². The van der Waals surface area contributed by atoms with Crippen molar-refractivity contribution in [1.29, 1.82) is 0 Å². The van der Waals surface area contributed by atoms with Gasteiger partial charge in [0.05, 0.1) is 13.5 Å². The fraction of sp³-hybridized carbons (Fsp3) is 0.125. The second-order valence-corrected chi connectivity index (χ2v) is 7.80. The molecule has 4 rings (SSSR count). The number of amides is 1. The predicted molar refractivity (Wildman–Crippen MR) is 119 cm³/mol. The summed E-state index contributed by atoms with van der Waals surface area (Å²) in [6.45, 7) is 0. The third kappa shape index (κ3) is 4.15. The van der Waals surface area contributed by atoms with Gasteiger partial charge in [-0.1, -0.05) is 48.2 Å². The Morgan fingerprint density at radius 1 is 0.966 bits per heavy atom. The Morgan fingerprint density at radius 3 is 2.38 bits per heavy atom. The number of para-hydroxylation sites is 1. The van der Waals surface area contributed by atoms with Crippen molar-refractivity contribution in [2.45, 2.75) is 16.2 Å². The van der Waals surface area contributed by atoms with Gasteiger partial charge in [-0.2, -0.15) is 0 Å². The van der Waals surface area contributed by atoms with Gasteiger partial charge in [-0.15, -0.1) is 0 Å². The molecule has 0 aliphatic rings. The molecule has 0 saturated carbocycles. The summed E-state index contributed by atoms with van der Waals surface area (Å²) in [5, 5.41) is 4.15. The highest BCUT2D eigenvalue weighted by molar-refractivity contribution is 7.99. The predicted octanol–water partition coefficient (Wildman–Crippen LogP) is 5.52. The van der Waals surface area contributed by atoms with E-state index in [0.29, 0.717) is 6.42 Å². The lowest BCUT2D eigenvalue weighted by molar-refractivity contribution is -0.115. The van der Waals surface area contributed by atoms with E-state index in [4.69, 9.17) is 4.74 Å². The SMILES string of the molecule is COc1ccc(NC(=O)Cc2c(Sc3ccccc3)c3ccccc3n2C)cc1. The highest BCUT2D eigenvalue weighted by Gasteiger charge is 2.18. The molecule has 146 valence electrons. The van der Waals surface area contributed by atoms with Gasteiger partial charge < -0.3 is 14.6 Å². The number of hydrogen-bond acceptors (Lipinski definition) is 3. The van der Waals surface area contributed by atoms with Gasteiger partial charge in [0.25, 0.3) is 0 Å². The standard InChI is InChI=1S/C24H22N2O2S/c1-26-21-11-7-6-10-20(21)24(29-19-8-4-3-5-9-19)22(26)16-23(27)25-17-12-14-18(28-2)15-13-17/h3-15H,16H2,1-2H3,(H,25,27). The van der Waals surface area contributed by atoms with E-state index < -0.39 is 0 Å². The fourth-order valence-electron chi connectivity index (χ4n) is 3.36. The fourth-order valence-corrected chi connectivity index (χ4v) is 4.50. The van der Waals surface area contributed by atoms with Crippen molar-refractivity contribution in [1.82, 2.24) is 4.57 Å². The van der Waals surface area contributed by atoms with Crippen LogP contribution < -0.4 is 10.1 Å². The molecule has 0 aliphatic heterocycles. The van der Waals surface area contributed by atoms with Crippen LogP contribution in [0.4, 0.5) is 5.69 Å². The summed E-state index contributed by atoms with van der Waals surface area (Å²) < 4.78 is 7.29. The first-order chi connectivity index (χ1) is 14.2. The molecule has 0 atom stereocenters. The number of nitrogens with zero attached hydrogens (tertiary/aromatic N) is 1. The molecule has 29 heavy (non-hydrogen) atoms. The average molecular weight is 403 g/mol. The van der Waals surface area contributed by atoms with E-state index in [0.717, 1.165) is 37.8 Å². The quantitative estimate of drug-likeness (QED) is 0.462. The van der Waals surface area contributed by atoms with Crippen LogP contribution in [0.5, 0.6) is 5.75 Å². The third-order valence-corrected chi connectivity index (χ3v) is 6.01. The number of benzene rings is 3. The van der Waals surface area contributed by atoms with Gasteiger partial charge in [0.2, 0.25) is 5.91 Å². The number of aryl methyl sites for hydroxylation is 1. The van der Waals surface area contributed by atoms with Gasteiger partial charge >= 0.3 is 0 Å². The van der Waals surface area contributed by atoms with Crippen LogP contribution >= 0.6 is 11.8 Å². The number of carbonyl (C=O) groups is 1. The maximum absolute atomic E-state index is 12.8. The Kier molecular flexibility index (Phi) is 5.58. The molecule has 4 nitrogen and oxygen atoms in total. The molecule has 1 aromatic heterocycles. The van der Waals surface area contributed by atoms with E-state index in [1.54, 1.807) is 18.9 Å². The van der Waals surface area contributed by atoms with Crippen LogP contribution in [0, 0.1) is 0 Å². The summed E-state index contributed by atoms with van der Waals surface area (Å²) in [6, 6.07) is 25.9. The summed E-state index contributed by atoms with van der Waals surface area (Å²) in [7, 11) is 3.65. The first-order valence-corrected chi connectivity index (χ1v) is 10.2. The summed E-state index contributed by atoms with van der Waals surface area (Å²) in [6.07, 6.45) is 0.298. The normalized spacial score (nSPS) is 10.8. The molecule has 1 heterocycles. The van der Waals surface area contributed by atoms with Crippen LogP contribution in [0.15, 0.2) is 88.7 Å². The largest absolute Gasteiger partial charge is 0.497 e. The highest BCUT2D eigenvalue weighted by atomic mass is 32.2. The Bertz CT molecular complexity index is 1130. The van der Waals surface area contributed by atoms with Gasteiger partial charge in [-0.25, -0.2) is 0 Å². The van der Waals surface area contributed by atoms with Crippen molar-refractivity contribution in [3.8, 4) is 5.75 Å². The lowest BCUT2D eigenvalue weighted by Gasteiger charge is -2.10. The van der Waals surface area contributed by atoms with Crippen LogP contribution in [-0.2, 0) is 18.3 Å². The Labute approximate surface area is 174 Å². The minimum atomic E-state index is -0.0454. The summed E-state index contributed by atoms with van der Waals surface area (Å²) in [4.78, 5) is 15.1. The Balaban J connectivity index is 1.64. The number of aromatic nitrogens is 1. The number of nitrogens with one attached hydrogen (secondary N) is 1. The first-order valence-electron chi connectivity index (χ1n) is 9.39. The molecule has 5 heteroatoms. The summed E-state index contributed by atoms with van der Waals surface area (Å²) >= 11 is 1.70. The zero-order chi connectivity index (χ0) is 20.2. The Morgan fingerprint density at radius 2 is 1.66 bits per heavy atom. The number of rotatable bonds is 6. The van der Waals surface area contributed by atoms with Crippen molar-refractivity contribution in [2.24, 2.45) is 7.05 Å². The summed E-state index contributed by atoms with van der Waals surface area (Å²) in [5.74, 6) is 0.717. The number of hydrogen-bond donors (Lipinski definition) is 1. The van der Waals surface area contributed by atoms with E-state index in [2.05, 4.69) is 34.1 Å². The number of carbonyl (C=O) groups excluding carboxylic acids is 1. The van der Waals surface area contributed by atoms with E-state index >= 15 is 0 Å². The lowest BCUT2D eigenvalue weighted by Crippen LogP contribution is -2.16. The molecular weight excluding hydrogens is 380 g/mol. The minimum absolute atomic E-state index is 0.0454. The molecule has 1 N–H and O–H groups in total.